The Kier molecular flexibility index (Phi) is 4.99. The fourth-order valence-corrected chi connectivity index (χ4v) is 3.31. The van der Waals surface area contributed by atoms with Gasteiger partial charge in [0.1, 0.15) is 12.1 Å². The molecular formula is C19H23N3O2. The number of aromatic nitrogens is 3. The van der Waals surface area contributed by atoms with Gasteiger partial charge in [-0.25, -0.2) is 4.98 Å². The topological polar surface area (TPSA) is 60.0 Å². The molecule has 3 rings (SSSR count). The van der Waals surface area contributed by atoms with Crippen molar-refractivity contribution in [3.63, 3.8) is 0 Å². The fraction of sp³-hybridized carbons (Fsp3) is 0.368. The minimum absolute atomic E-state index is 0.270. The van der Waals surface area contributed by atoms with Gasteiger partial charge in [-0.1, -0.05) is 31.0 Å². The second-order valence-corrected chi connectivity index (χ2v) is 6.15. The highest BCUT2D eigenvalue weighted by Gasteiger charge is 2.14. The van der Waals surface area contributed by atoms with Crippen molar-refractivity contribution in [2.24, 2.45) is 0 Å². The van der Waals surface area contributed by atoms with E-state index in [2.05, 4.69) is 45.3 Å². The molecule has 5 nitrogen and oxygen atoms in total. The number of benzene rings is 1. The van der Waals surface area contributed by atoms with E-state index in [1.165, 1.54) is 22.3 Å². The molecule has 3 aromatic rings. The van der Waals surface area contributed by atoms with Crippen molar-refractivity contribution in [2.45, 2.75) is 45.6 Å². The minimum atomic E-state index is -0.704. The number of hydrogen-bond acceptors (Lipinski definition) is 2. The van der Waals surface area contributed by atoms with E-state index in [9.17, 15) is 4.79 Å². The van der Waals surface area contributed by atoms with Crippen LogP contribution in [0.4, 0.5) is 0 Å². The first kappa shape index (κ1) is 16.3. The Labute approximate surface area is 141 Å². The van der Waals surface area contributed by atoms with E-state index >= 15 is 0 Å². The molecule has 24 heavy (non-hydrogen) atoms. The number of imidazole rings is 1. The van der Waals surface area contributed by atoms with Crippen LogP contribution in [0.2, 0.25) is 0 Å². The third-order valence-corrected chi connectivity index (χ3v) is 4.46. The van der Waals surface area contributed by atoms with Crippen LogP contribution in [0.15, 0.2) is 43.0 Å². The zero-order valence-corrected chi connectivity index (χ0v) is 14.0. The maximum atomic E-state index is 10.6. The molecule has 0 aliphatic heterocycles. The largest absolute Gasteiger partial charge is 0.481 e. The van der Waals surface area contributed by atoms with Gasteiger partial charge in [0.25, 0.3) is 0 Å². The number of aliphatic carboxylic acids is 1. The SMILES string of the molecule is Cc1c(-n2ccnc2)n(CCCCCCC(=O)O)c2ccccc12. The number of hydrogen-bond donors (Lipinski definition) is 1. The van der Waals surface area contributed by atoms with Gasteiger partial charge >= 0.3 is 5.97 Å². The molecule has 0 saturated heterocycles. The number of carboxylic acid groups (broad SMARTS) is 1. The lowest BCUT2D eigenvalue weighted by atomic mass is 10.1. The van der Waals surface area contributed by atoms with E-state index in [-0.39, 0.29) is 6.42 Å². The van der Waals surface area contributed by atoms with Crippen molar-refractivity contribution >= 4 is 16.9 Å². The molecule has 1 aromatic carbocycles. The summed E-state index contributed by atoms with van der Waals surface area (Å²) < 4.78 is 4.42. The number of fused-ring (bicyclic) bond motifs is 1. The van der Waals surface area contributed by atoms with Crippen molar-refractivity contribution in [3.05, 3.63) is 48.5 Å². The molecule has 126 valence electrons. The van der Waals surface area contributed by atoms with Crippen LogP contribution in [0.5, 0.6) is 0 Å². The maximum Gasteiger partial charge on any atom is 0.303 e. The third kappa shape index (κ3) is 3.35. The molecule has 1 N–H and O–H groups in total. The van der Waals surface area contributed by atoms with E-state index in [0.717, 1.165) is 32.2 Å². The summed E-state index contributed by atoms with van der Waals surface area (Å²) in [5, 5.41) is 9.97. The van der Waals surface area contributed by atoms with Gasteiger partial charge in [-0.05, 0) is 31.4 Å². The maximum absolute atomic E-state index is 10.6. The summed E-state index contributed by atoms with van der Waals surface area (Å²) in [5.74, 6) is 0.462. The van der Waals surface area contributed by atoms with Crippen molar-refractivity contribution in [2.75, 3.05) is 0 Å². The summed E-state index contributed by atoms with van der Waals surface area (Å²) in [5.41, 5.74) is 2.50. The van der Waals surface area contributed by atoms with Crippen LogP contribution < -0.4 is 0 Å². The van der Waals surface area contributed by atoms with E-state index in [1.807, 2.05) is 12.5 Å². The number of unbranched alkanes of at least 4 members (excludes halogenated alkanes) is 3. The molecule has 0 unspecified atom stereocenters. The van der Waals surface area contributed by atoms with Crippen LogP contribution in [0.3, 0.4) is 0 Å². The highest BCUT2D eigenvalue weighted by atomic mass is 16.4. The van der Waals surface area contributed by atoms with Gasteiger partial charge in [0.05, 0.1) is 0 Å². The first-order chi connectivity index (χ1) is 11.7. The summed E-state index contributed by atoms with van der Waals surface area (Å²) in [4.78, 5) is 14.7. The third-order valence-electron chi connectivity index (χ3n) is 4.46. The predicted molar refractivity (Wildman–Crippen MR) is 94.5 cm³/mol. The van der Waals surface area contributed by atoms with Crippen molar-refractivity contribution in [1.29, 1.82) is 0 Å². The lowest BCUT2D eigenvalue weighted by molar-refractivity contribution is -0.137. The minimum Gasteiger partial charge on any atom is -0.481 e. The number of carbonyl (C=O) groups is 1. The van der Waals surface area contributed by atoms with Crippen LogP contribution in [-0.2, 0) is 11.3 Å². The standard InChI is InChI=1S/C19H23N3O2/c1-15-16-8-5-6-9-17(16)22(19(15)21-13-11-20-14-21)12-7-3-2-4-10-18(23)24/h5-6,8-9,11,13-14H,2-4,7,10,12H2,1H3,(H,23,24). The van der Waals surface area contributed by atoms with Crippen molar-refractivity contribution in [1.82, 2.24) is 14.1 Å². The second-order valence-electron chi connectivity index (χ2n) is 6.15. The van der Waals surface area contributed by atoms with E-state index in [4.69, 9.17) is 5.11 Å². The fourth-order valence-electron chi connectivity index (χ4n) is 3.31. The Hall–Kier alpha value is -2.56. The summed E-state index contributed by atoms with van der Waals surface area (Å²) in [6.45, 7) is 3.08. The summed E-state index contributed by atoms with van der Waals surface area (Å²) >= 11 is 0. The molecule has 0 spiro atoms. The smallest absolute Gasteiger partial charge is 0.303 e. The van der Waals surface area contributed by atoms with Crippen LogP contribution >= 0.6 is 0 Å². The monoisotopic (exact) mass is 325 g/mol. The predicted octanol–water partition coefficient (Wildman–Crippen LogP) is 4.17. The van der Waals surface area contributed by atoms with E-state index < -0.39 is 5.97 Å². The molecule has 0 amide bonds. The quantitative estimate of drug-likeness (QED) is 0.632. The van der Waals surface area contributed by atoms with Gasteiger partial charge in [-0.3, -0.25) is 9.36 Å². The molecule has 2 aromatic heterocycles. The zero-order chi connectivity index (χ0) is 16.9. The molecule has 0 radical (unpaired) electrons. The Morgan fingerprint density at radius 3 is 2.71 bits per heavy atom. The molecule has 0 aliphatic rings. The summed E-state index contributed by atoms with van der Waals surface area (Å²) in [6.07, 6.45) is 9.69. The van der Waals surface area contributed by atoms with Gasteiger partial charge in [-0.2, -0.15) is 0 Å². The highest BCUT2D eigenvalue weighted by Crippen LogP contribution is 2.28. The summed E-state index contributed by atoms with van der Waals surface area (Å²) in [6, 6.07) is 8.47. The van der Waals surface area contributed by atoms with Crippen LogP contribution in [0, 0.1) is 6.92 Å². The molecular weight excluding hydrogens is 302 g/mol. The first-order valence-corrected chi connectivity index (χ1v) is 8.46. The van der Waals surface area contributed by atoms with Gasteiger partial charge in [0, 0.05) is 36.3 Å². The number of rotatable bonds is 8. The number of aryl methyl sites for hydroxylation is 2. The Morgan fingerprint density at radius 1 is 1.17 bits per heavy atom. The Bertz CT molecular complexity index is 819. The normalized spacial score (nSPS) is 11.2. The Balaban J connectivity index is 1.79. The average molecular weight is 325 g/mol. The van der Waals surface area contributed by atoms with Crippen molar-refractivity contribution < 1.29 is 9.90 Å². The average Bonchev–Trinajstić information content (AvgIpc) is 3.18. The zero-order valence-electron chi connectivity index (χ0n) is 14.0. The number of nitrogens with zero attached hydrogens (tertiary/aromatic N) is 3. The molecule has 0 bridgehead atoms. The lowest BCUT2D eigenvalue weighted by Crippen LogP contribution is -2.06. The number of para-hydroxylation sites is 1. The molecule has 0 aliphatic carbocycles. The molecule has 2 heterocycles. The molecule has 5 heteroatoms. The van der Waals surface area contributed by atoms with Crippen LogP contribution in [0.1, 0.15) is 37.7 Å². The van der Waals surface area contributed by atoms with Gasteiger partial charge in [-0.15, -0.1) is 0 Å². The molecule has 0 atom stereocenters. The van der Waals surface area contributed by atoms with Crippen LogP contribution in [0.25, 0.3) is 16.7 Å². The Morgan fingerprint density at radius 2 is 1.96 bits per heavy atom. The van der Waals surface area contributed by atoms with Crippen molar-refractivity contribution in [3.8, 4) is 5.82 Å². The summed E-state index contributed by atoms with van der Waals surface area (Å²) in [7, 11) is 0. The molecule has 0 fully saturated rings. The first-order valence-electron chi connectivity index (χ1n) is 8.46. The highest BCUT2D eigenvalue weighted by molar-refractivity contribution is 5.87. The van der Waals surface area contributed by atoms with Gasteiger partial charge < -0.3 is 9.67 Å². The van der Waals surface area contributed by atoms with E-state index in [1.54, 1.807) is 6.20 Å². The van der Waals surface area contributed by atoms with Crippen LogP contribution in [-0.4, -0.2) is 25.2 Å². The second kappa shape index (κ2) is 7.34. The lowest BCUT2D eigenvalue weighted by Gasteiger charge is -2.12. The van der Waals surface area contributed by atoms with Gasteiger partial charge in [0.15, 0.2) is 0 Å². The molecule has 0 saturated carbocycles. The number of carboxylic acids is 1. The van der Waals surface area contributed by atoms with E-state index in [0.29, 0.717) is 0 Å². The van der Waals surface area contributed by atoms with Gasteiger partial charge in [0.2, 0.25) is 0 Å².